The molecule has 1 heterocycles. The van der Waals surface area contributed by atoms with Crippen LogP contribution < -0.4 is 10.1 Å². The van der Waals surface area contributed by atoms with E-state index in [0.29, 0.717) is 36.1 Å². The third kappa shape index (κ3) is 3.18. The lowest BCUT2D eigenvalue weighted by Crippen LogP contribution is -2.61. The fraction of sp³-hybridized carbons (Fsp3) is 0.704. The Hall–Kier alpha value is -2.04. The maximum absolute atomic E-state index is 13.4. The van der Waals surface area contributed by atoms with E-state index >= 15 is 0 Å². The Morgan fingerprint density at radius 3 is 2.44 bits per heavy atom. The highest BCUT2D eigenvalue weighted by Gasteiger charge is 2.62. The first kappa shape index (κ1) is 21.8. The number of likely N-dealkylation sites (tertiary alicyclic amines) is 1. The number of ether oxygens (including phenoxy) is 1. The highest BCUT2D eigenvalue weighted by atomic mass is 16.5. The minimum absolute atomic E-state index is 0.0803. The van der Waals surface area contributed by atoms with E-state index in [1.165, 1.54) is 12.8 Å². The largest absolute Gasteiger partial charge is 0.497 e. The van der Waals surface area contributed by atoms with Crippen LogP contribution in [0.5, 0.6) is 5.75 Å². The van der Waals surface area contributed by atoms with Gasteiger partial charge in [0.05, 0.1) is 7.11 Å². The van der Waals surface area contributed by atoms with E-state index in [9.17, 15) is 9.59 Å². The molecule has 174 valence electrons. The van der Waals surface area contributed by atoms with Crippen LogP contribution >= 0.6 is 0 Å². The number of rotatable bonds is 3. The quantitative estimate of drug-likeness (QED) is 0.713. The topological polar surface area (TPSA) is 58.6 Å². The molecule has 1 saturated heterocycles. The Morgan fingerprint density at radius 2 is 1.72 bits per heavy atom. The molecule has 3 saturated carbocycles. The molecule has 4 aliphatic rings. The van der Waals surface area contributed by atoms with Crippen molar-refractivity contribution in [2.24, 2.45) is 34.5 Å². The zero-order chi connectivity index (χ0) is 22.7. The second kappa shape index (κ2) is 7.78. The molecule has 1 N–H and O–H groups in total. The van der Waals surface area contributed by atoms with Gasteiger partial charge in [0, 0.05) is 31.1 Å². The van der Waals surface area contributed by atoms with Gasteiger partial charge in [0.15, 0.2) is 0 Å². The van der Waals surface area contributed by atoms with Crippen molar-refractivity contribution in [3.8, 4) is 5.75 Å². The first-order valence-corrected chi connectivity index (χ1v) is 12.5. The summed E-state index contributed by atoms with van der Waals surface area (Å²) in [5, 5.41) is 3.19. The van der Waals surface area contributed by atoms with Crippen LogP contribution in [0, 0.1) is 34.5 Å². The van der Waals surface area contributed by atoms with Crippen LogP contribution in [0.1, 0.15) is 65.2 Å². The minimum Gasteiger partial charge on any atom is -0.497 e. The maximum Gasteiger partial charge on any atom is 0.228 e. The van der Waals surface area contributed by atoms with Crippen LogP contribution in [0.4, 0.5) is 5.69 Å². The molecule has 0 bridgehead atoms. The number of nitrogens with one attached hydrogen (secondary N) is 1. The zero-order valence-corrected chi connectivity index (χ0v) is 20.0. The lowest BCUT2D eigenvalue weighted by atomic mass is 9.47. The SMILES string of the molecule is COc1ccc(NC(=O)C2CC[C@H]3[C@@H]4CCC5N(C)C(=O)CC[C@]5(C)[C@@H]4CC[C@]23C)cc1. The molecule has 5 nitrogen and oxygen atoms in total. The first-order valence-electron chi connectivity index (χ1n) is 12.5. The van der Waals surface area contributed by atoms with Gasteiger partial charge in [-0.3, -0.25) is 9.59 Å². The van der Waals surface area contributed by atoms with Crippen LogP contribution in [-0.2, 0) is 9.59 Å². The van der Waals surface area contributed by atoms with Crippen molar-refractivity contribution in [2.75, 3.05) is 19.5 Å². The molecule has 0 aromatic heterocycles. The van der Waals surface area contributed by atoms with E-state index in [2.05, 4.69) is 24.1 Å². The standard InChI is InChI=1S/C27H38N2O3/c1-26-15-13-21-19(9-12-23-27(21,2)16-14-24(30)29(23)3)20(26)10-11-22(26)25(31)28-17-5-7-18(32-4)8-6-17/h5-8,19-23H,9-16H2,1-4H3,(H,28,31)/t19-,20-,21+,22?,23?,26-,27+/m0/s1. The predicted octanol–water partition coefficient (Wildman–Crippen LogP) is 5.11. The maximum atomic E-state index is 13.4. The number of piperidine rings is 1. The van der Waals surface area contributed by atoms with Gasteiger partial charge < -0.3 is 15.0 Å². The number of hydrogen-bond acceptors (Lipinski definition) is 3. The molecule has 0 radical (unpaired) electrons. The van der Waals surface area contributed by atoms with E-state index in [-0.39, 0.29) is 22.7 Å². The van der Waals surface area contributed by atoms with Crippen molar-refractivity contribution in [1.29, 1.82) is 0 Å². The van der Waals surface area contributed by atoms with Crippen molar-refractivity contribution < 1.29 is 14.3 Å². The average molecular weight is 439 g/mol. The van der Waals surface area contributed by atoms with Crippen molar-refractivity contribution in [2.45, 2.75) is 71.3 Å². The Balaban J connectivity index is 1.33. The number of nitrogens with zero attached hydrogens (tertiary/aromatic N) is 1. The monoisotopic (exact) mass is 438 g/mol. The Labute approximate surface area is 192 Å². The number of fused-ring (bicyclic) bond motifs is 5. The summed E-state index contributed by atoms with van der Waals surface area (Å²) < 4.78 is 5.23. The molecule has 1 aromatic rings. The van der Waals surface area contributed by atoms with Crippen molar-refractivity contribution in [3.63, 3.8) is 0 Å². The van der Waals surface area contributed by atoms with Gasteiger partial charge in [-0.2, -0.15) is 0 Å². The zero-order valence-electron chi connectivity index (χ0n) is 20.0. The number of carbonyl (C=O) groups excluding carboxylic acids is 2. The van der Waals surface area contributed by atoms with E-state index in [0.717, 1.165) is 43.5 Å². The third-order valence-electron chi connectivity index (χ3n) is 10.2. The summed E-state index contributed by atoms with van der Waals surface area (Å²) in [5.41, 5.74) is 1.16. The van der Waals surface area contributed by atoms with Gasteiger partial charge in [0.25, 0.3) is 0 Å². The van der Waals surface area contributed by atoms with Gasteiger partial charge in [-0.25, -0.2) is 0 Å². The Kier molecular flexibility index (Phi) is 5.29. The summed E-state index contributed by atoms with van der Waals surface area (Å²) in [4.78, 5) is 27.8. The summed E-state index contributed by atoms with van der Waals surface area (Å²) in [6.07, 6.45) is 8.52. The minimum atomic E-state index is 0.0803. The van der Waals surface area contributed by atoms with Crippen molar-refractivity contribution in [3.05, 3.63) is 24.3 Å². The number of methoxy groups -OCH3 is 1. The van der Waals surface area contributed by atoms with Crippen molar-refractivity contribution >= 4 is 17.5 Å². The predicted molar refractivity (Wildman–Crippen MR) is 125 cm³/mol. The number of amides is 2. The van der Waals surface area contributed by atoms with Crippen LogP contribution in [0.25, 0.3) is 0 Å². The molecule has 5 heteroatoms. The van der Waals surface area contributed by atoms with Gasteiger partial charge in [0.2, 0.25) is 11.8 Å². The fourth-order valence-electron chi connectivity index (χ4n) is 8.48. The highest BCUT2D eigenvalue weighted by Crippen LogP contribution is 2.66. The van der Waals surface area contributed by atoms with E-state index in [1.807, 2.05) is 31.3 Å². The summed E-state index contributed by atoms with van der Waals surface area (Å²) in [6, 6.07) is 8.03. The summed E-state index contributed by atoms with van der Waals surface area (Å²) in [5.74, 6) is 3.37. The van der Waals surface area contributed by atoms with Gasteiger partial charge >= 0.3 is 0 Å². The Bertz CT molecular complexity index is 899. The number of carbonyl (C=O) groups is 2. The smallest absolute Gasteiger partial charge is 0.228 e. The molecule has 7 atom stereocenters. The molecule has 5 rings (SSSR count). The van der Waals surface area contributed by atoms with Gasteiger partial charge in [-0.1, -0.05) is 13.8 Å². The summed E-state index contributed by atoms with van der Waals surface area (Å²) in [6.45, 7) is 4.85. The molecular weight excluding hydrogens is 400 g/mol. The lowest BCUT2D eigenvalue weighted by molar-refractivity contribution is -0.159. The number of anilines is 1. The molecule has 4 fully saturated rings. The number of benzene rings is 1. The highest BCUT2D eigenvalue weighted by molar-refractivity contribution is 5.93. The molecule has 0 spiro atoms. The van der Waals surface area contributed by atoms with Crippen LogP contribution in [0.2, 0.25) is 0 Å². The lowest BCUT2D eigenvalue weighted by Gasteiger charge is -2.61. The van der Waals surface area contributed by atoms with Gasteiger partial charge in [-0.05, 0) is 97.8 Å². The second-order valence-electron chi connectivity index (χ2n) is 11.4. The molecule has 2 unspecified atom stereocenters. The third-order valence-corrected chi connectivity index (χ3v) is 10.2. The first-order chi connectivity index (χ1) is 15.3. The molecule has 3 aliphatic carbocycles. The average Bonchev–Trinajstić information content (AvgIpc) is 3.14. The fourth-order valence-corrected chi connectivity index (χ4v) is 8.48. The van der Waals surface area contributed by atoms with Gasteiger partial charge in [0.1, 0.15) is 5.75 Å². The van der Waals surface area contributed by atoms with Crippen LogP contribution in [0.15, 0.2) is 24.3 Å². The van der Waals surface area contributed by atoms with E-state index in [4.69, 9.17) is 4.74 Å². The Morgan fingerprint density at radius 1 is 1.00 bits per heavy atom. The summed E-state index contributed by atoms with van der Waals surface area (Å²) in [7, 11) is 3.67. The molecule has 2 amide bonds. The van der Waals surface area contributed by atoms with E-state index in [1.54, 1.807) is 7.11 Å². The molecule has 1 aliphatic heterocycles. The van der Waals surface area contributed by atoms with E-state index < -0.39 is 0 Å². The normalized spacial score (nSPS) is 40.8. The van der Waals surface area contributed by atoms with Gasteiger partial charge in [-0.15, -0.1) is 0 Å². The second-order valence-corrected chi connectivity index (χ2v) is 11.4. The molecular formula is C27H38N2O3. The van der Waals surface area contributed by atoms with Crippen molar-refractivity contribution in [1.82, 2.24) is 4.90 Å². The van der Waals surface area contributed by atoms with Crippen LogP contribution in [0.3, 0.4) is 0 Å². The molecule has 1 aromatic carbocycles. The summed E-state index contributed by atoms with van der Waals surface area (Å²) >= 11 is 0. The van der Waals surface area contributed by atoms with Crippen LogP contribution in [-0.4, -0.2) is 36.9 Å². The molecule has 32 heavy (non-hydrogen) atoms. The number of hydrogen-bond donors (Lipinski definition) is 1.